The predicted molar refractivity (Wildman–Crippen MR) is 169 cm³/mol. The highest BCUT2D eigenvalue weighted by Gasteiger charge is 2.44. The highest BCUT2D eigenvalue weighted by molar-refractivity contribution is 6.37. The summed E-state index contributed by atoms with van der Waals surface area (Å²) in [6.45, 7) is 4.14. The van der Waals surface area contributed by atoms with Crippen molar-refractivity contribution in [1.29, 1.82) is 0 Å². The van der Waals surface area contributed by atoms with Gasteiger partial charge >= 0.3 is 0 Å². The van der Waals surface area contributed by atoms with E-state index in [0.29, 0.717) is 53.3 Å². The second-order valence-corrected chi connectivity index (χ2v) is 12.5. The molecule has 2 bridgehead atoms. The first kappa shape index (κ1) is 30.7. The summed E-state index contributed by atoms with van der Waals surface area (Å²) >= 11 is 12.5. The molecular formula is C34H36Cl2FN3O4. The van der Waals surface area contributed by atoms with Gasteiger partial charge in [0.25, 0.3) is 5.91 Å². The van der Waals surface area contributed by atoms with Crippen LogP contribution in [0.5, 0.6) is 17.2 Å². The molecule has 2 atom stereocenters. The van der Waals surface area contributed by atoms with E-state index in [2.05, 4.69) is 28.8 Å². The van der Waals surface area contributed by atoms with Gasteiger partial charge in [0.15, 0.2) is 5.75 Å². The zero-order valence-electron chi connectivity index (χ0n) is 24.8. The third-order valence-electron chi connectivity index (χ3n) is 8.51. The van der Waals surface area contributed by atoms with Crippen LogP contribution in [0.25, 0.3) is 0 Å². The Morgan fingerprint density at radius 3 is 2.43 bits per heavy atom. The van der Waals surface area contributed by atoms with Crippen molar-refractivity contribution in [2.24, 2.45) is 0 Å². The highest BCUT2D eigenvalue weighted by Crippen LogP contribution is 2.38. The minimum absolute atomic E-state index is 0.0382. The van der Waals surface area contributed by atoms with Gasteiger partial charge in [-0.05, 0) is 79.8 Å². The molecule has 0 radical (unpaired) electrons. The summed E-state index contributed by atoms with van der Waals surface area (Å²) < 4.78 is 31.6. The number of carbonyl (C=O) groups is 1. The summed E-state index contributed by atoms with van der Waals surface area (Å²) in [5.74, 6) is 1.38. The predicted octanol–water partition coefficient (Wildman–Crippen LogP) is 6.19. The lowest BCUT2D eigenvalue weighted by Gasteiger charge is -2.47. The van der Waals surface area contributed by atoms with E-state index in [1.54, 1.807) is 19.2 Å². The number of benzene rings is 3. The van der Waals surface area contributed by atoms with Crippen LogP contribution in [0.2, 0.25) is 10.0 Å². The summed E-state index contributed by atoms with van der Waals surface area (Å²) in [7, 11) is 1.55. The smallest absolute Gasteiger partial charge is 0.251 e. The average molecular weight is 641 g/mol. The zero-order chi connectivity index (χ0) is 30.8. The number of rotatable bonds is 11. The van der Waals surface area contributed by atoms with Crippen LogP contribution >= 0.6 is 23.2 Å². The molecule has 2 fully saturated rings. The Hall–Kier alpha value is -3.30. The summed E-state index contributed by atoms with van der Waals surface area (Å²) in [5, 5.41) is 8.25. The molecule has 10 heteroatoms. The summed E-state index contributed by atoms with van der Waals surface area (Å²) in [6.07, 6.45) is 4.58. The molecule has 3 aromatic rings. The van der Waals surface area contributed by atoms with Crippen molar-refractivity contribution in [3.63, 3.8) is 0 Å². The van der Waals surface area contributed by atoms with E-state index in [4.69, 9.17) is 37.4 Å². The molecule has 2 unspecified atom stereocenters. The van der Waals surface area contributed by atoms with E-state index in [-0.39, 0.29) is 35.9 Å². The lowest BCUT2D eigenvalue weighted by Crippen LogP contribution is -2.65. The Balaban J connectivity index is 1.10. The van der Waals surface area contributed by atoms with Crippen LogP contribution in [-0.2, 0) is 16.9 Å². The molecule has 1 amide bonds. The number of methoxy groups -OCH3 is 1. The third-order valence-corrected chi connectivity index (χ3v) is 9.07. The van der Waals surface area contributed by atoms with E-state index < -0.39 is 0 Å². The Kier molecular flexibility index (Phi) is 9.06. The van der Waals surface area contributed by atoms with Crippen molar-refractivity contribution in [3.05, 3.63) is 98.8 Å². The maximum absolute atomic E-state index is 14.7. The molecule has 7 nitrogen and oxygen atoms in total. The average Bonchev–Trinajstić information content (AvgIpc) is 3.85. The van der Waals surface area contributed by atoms with Gasteiger partial charge in [-0.15, -0.1) is 0 Å². The lowest BCUT2D eigenvalue weighted by atomic mass is 9.78. The van der Waals surface area contributed by atoms with Crippen LogP contribution in [0.1, 0.15) is 36.0 Å². The number of nitrogens with zero attached hydrogens (tertiary/aromatic N) is 1. The van der Waals surface area contributed by atoms with Gasteiger partial charge in [-0.25, -0.2) is 4.39 Å². The fourth-order valence-electron chi connectivity index (χ4n) is 6.05. The maximum atomic E-state index is 14.7. The zero-order valence-corrected chi connectivity index (χ0v) is 26.3. The van der Waals surface area contributed by atoms with Crippen LogP contribution in [0.4, 0.5) is 4.39 Å². The molecular weight excluding hydrogens is 604 g/mol. The maximum Gasteiger partial charge on any atom is 0.251 e. The fraction of sp³-hybridized carbons (Fsp3) is 0.382. The van der Waals surface area contributed by atoms with E-state index in [1.807, 2.05) is 36.1 Å². The van der Waals surface area contributed by atoms with Gasteiger partial charge in [0.1, 0.15) is 30.5 Å². The molecule has 2 aliphatic heterocycles. The van der Waals surface area contributed by atoms with E-state index >= 15 is 0 Å². The summed E-state index contributed by atoms with van der Waals surface area (Å²) in [4.78, 5) is 15.7. The molecule has 2 heterocycles. The summed E-state index contributed by atoms with van der Waals surface area (Å²) in [5.41, 5.74) is 2.92. The van der Waals surface area contributed by atoms with Crippen molar-refractivity contribution >= 4 is 29.1 Å². The molecule has 3 aliphatic rings. The number of carbonyl (C=O) groups excluding carboxylic acids is 1. The number of ether oxygens (including phenoxy) is 3. The molecule has 1 aliphatic carbocycles. The van der Waals surface area contributed by atoms with E-state index in [9.17, 15) is 9.18 Å². The van der Waals surface area contributed by atoms with Gasteiger partial charge < -0.3 is 24.4 Å². The van der Waals surface area contributed by atoms with Gasteiger partial charge in [-0.2, -0.15) is 0 Å². The molecule has 1 saturated heterocycles. The Morgan fingerprint density at radius 2 is 1.73 bits per heavy atom. The first-order chi connectivity index (χ1) is 21.3. The second kappa shape index (κ2) is 13.0. The number of piperazine rings is 1. The largest absolute Gasteiger partial charge is 0.497 e. The first-order valence-corrected chi connectivity index (χ1v) is 15.7. The number of hydrogen-bond acceptors (Lipinski definition) is 6. The number of fused-ring (bicyclic) bond motifs is 2. The van der Waals surface area contributed by atoms with E-state index in [0.717, 1.165) is 41.8 Å². The molecule has 1 saturated carbocycles. The van der Waals surface area contributed by atoms with Crippen LogP contribution < -0.4 is 24.8 Å². The van der Waals surface area contributed by atoms with Gasteiger partial charge in [0.2, 0.25) is 0 Å². The van der Waals surface area contributed by atoms with Crippen LogP contribution in [0.3, 0.4) is 0 Å². The SMILES string of the molecule is COc1ccc(F)c(CN(C(=O)C2=CCC3(c4ccc(OCCOc5c(Cl)cc(C)cc5Cl)cc4)CNCC2N3)C2CC2)c1. The molecule has 0 spiro atoms. The lowest BCUT2D eigenvalue weighted by molar-refractivity contribution is -0.129. The van der Waals surface area contributed by atoms with Crippen molar-refractivity contribution in [2.75, 3.05) is 33.4 Å². The molecule has 3 aromatic carbocycles. The van der Waals surface area contributed by atoms with Crippen molar-refractivity contribution in [1.82, 2.24) is 15.5 Å². The number of halogens is 3. The van der Waals surface area contributed by atoms with Gasteiger partial charge in [-0.1, -0.05) is 41.4 Å². The van der Waals surface area contributed by atoms with Gasteiger partial charge in [-0.3, -0.25) is 10.1 Å². The normalized spacial score (nSPS) is 20.9. The quantitative estimate of drug-likeness (QED) is 0.244. The third kappa shape index (κ3) is 6.54. The van der Waals surface area contributed by atoms with Crippen molar-refractivity contribution < 1.29 is 23.4 Å². The van der Waals surface area contributed by atoms with Crippen LogP contribution in [-0.4, -0.2) is 56.3 Å². The van der Waals surface area contributed by atoms with Crippen LogP contribution in [0, 0.1) is 12.7 Å². The minimum Gasteiger partial charge on any atom is -0.497 e. The van der Waals surface area contributed by atoms with Gasteiger partial charge in [0, 0.05) is 36.8 Å². The highest BCUT2D eigenvalue weighted by atomic mass is 35.5. The van der Waals surface area contributed by atoms with Crippen LogP contribution in [0.15, 0.2) is 66.2 Å². The van der Waals surface area contributed by atoms with Crippen molar-refractivity contribution in [2.45, 2.75) is 50.4 Å². The monoisotopic (exact) mass is 639 g/mol. The molecule has 2 N–H and O–H groups in total. The number of nitrogens with one attached hydrogen (secondary N) is 2. The topological polar surface area (TPSA) is 72.1 Å². The Morgan fingerprint density at radius 1 is 1.02 bits per heavy atom. The van der Waals surface area contributed by atoms with Gasteiger partial charge in [0.05, 0.1) is 28.7 Å². The minimum atomic E-state index is -0.351. The molecule has 232 valence electrons. The number of aryl methyl sites for hydroxylation is 1. The molecule has 0 aromatic heterocycles. The van der Waals surface area contributed by atoms with E-state index in [1.165, 1.54) is 6.07 Å². The number of amides is 1. The Labute approximate surface area is 267 Å². The fourth-order valence-corrected chi connectivity index (χ4v) is 6.76. The summed E-state index contributed by atoms with van der Waals surface area (Å²) in [6, 6.07) is 16.3. The standard InChI is InChI=1S/C34H36Cl2FN3O4/c1-21-15-28(35)32(29(36)16-21)44-14-13-43-25-7-3-23(4-8-25)34-12-11-27(31(39-34)18-38-20-34)33(41)40(24-5-6-24)19-22-17-26(42-2)9-10-30(22)37/h3-4,7-11,15-17,24,31,38-39H,5-6,12-14,18-20H2,1-2H3. The number of hydrogen-bond donors (Lipinski definition) is 2. The molecule has 6 rings (SSSR count). The second-order valence-electron chi connectivity index (χ2n) is 11.7. The molecule has 44 heavy (non-hydrogen) atoms. The van der Waals surface area contributed by atoms with Crippen molar-refractivity contribution in [3.8, 4) is 17.2 Å². The first-order valence-electron chi connectivity index (χ1n) is 14.9. The Bertz CT molecular complexity index is 1540.